The van der Waals surface area contributed by atoms with Gasteiger partial charge in [-0.25, -0.2) is 4.79 Å². The molecule has 0 spiro atoms. The summed E-state index contributed by atoms with van der Waals surface area (Å²) < 4.78 is 11.2. The molecular formula is C16H15ClN2O4. The molecule has 1 heterocycles. The number of aromatic nitrogens is 1. The summed E-state index contributed by atoms with van der Waals surface area (Å²) in [6.07, 6.45) is 0.815. The molecular weight excluding hydrogens is 320 g/mol. The van der Waals surface area contributed by atoms with Gasteiger partial charge in [0.1, 0.15) is 0 Å². The third kappa shape index (κ3) is 3.30. The molecule has 0 saturated carbocycles. The van der Waals surface area contributed by atoms with Crippen molar-refractivity contribution in [1.29, 1.82) is 5.26 Å². The highest BCUT2D eigenvalue weighted by molar-refractivity contribution is 6.31. The molecule has 0 bridgehead atoms. The van der Waals surface area contributed by atoms with Crippen molar-refractivity contribution < 1.29 is 19.1 Å². The van der Waals surface area contributed by atoms with Crippen molar-refractivity contribution in [2.45, 2.75) is 19.8 Å². The Morgan fingerprint density at radius 1 is 1.30 bits per heavy atom. The van der Waals surface area contributed by atoms with Crippen LogP contribution in [-0.4, -0.2) is 29.8 Å². The van der Waals surface area contributed by atoms with Crippen LogP contribution in [0.4, 0.5) is 4.79 Å². The zero-order valence-corrected chi connectivity index (χ0v) is 13.5. The first-order chi connectivity index (χ1) is 11.0. The second kappa shape index (κ2) is 7.16. The first-order valence-corrected chi connectivity index (χ1v) is 7.45. The van der Waals surface area contributed by atoms with Gasteiger partial charge in [-0.3, -0.25) is 9.36 Å². The summed E-state index contributed by atoms with van der Waals surface area (Å²) in [7, 11) is 0. The summed E-state index contributed by atoms with van der Waals surface area (Å²) in [4.78, 5) is 24.1. The molecule has 1 aromatic heterocycles. The predicted octanol–water partition coefficient (Wildman–Crippen LogP) is 3.47. The quantitative estimate of drug-likeness (QED) is 0.800. The van der Waals surface area contributed by atoms with Gasteiger partial charge in [0.15, 0.2) is 5.92 Å². The van der Waals surface area contributed by atoms with E-state index in [9.17, 15) is 14.9 Å². The molecule has 0 fully saturated rings. The number of nitriles is 1. The highest BCUT2D eigenvalue weighted by atomic mass is 35.5. The first kappa shape index (κ1) is 16.8. The van der Waals surface area contributed by atoms with Crippen LogP contribution in [0.25, 0.3) is 10.9 Å². The van der Waals surface area contributed by atoms with E-state index >= 15 is 0 Å². The van der Waals surface area contributed by atoms with E-state index in [2.05, 4.69) is 0 Å². The van der Waals surface area contributed by atoms with Gasteiger partial charge in [0.05, 0.1) is 24.8 Å². The summed E-state index contributed by atoms with van der Waals surface area (Å²) in [5.41, 5.74) is 0.848. The maximum absolute atomic E-state index is 12.1. The number of hydrogen-bond donors (Lipinski definition) is 0. The Kier molecular flexibility index (Phi) is 5.24. The van der Waals surface area contributed by atoms with E-state index in [0.29, 0.717) is 21.5 Å². The maximum Gasteiger partial charge on any atom is 0.418 e. The molecule has 0 saturated heterocycles. The van der Waals surface area contributed by atoms with E-state index in [0.717, 1.165) is 0 Å². The highest BCUT2D eigenvalue weighted by Gasteiger charge is 2.27. The zero-order valence-electron chi connectivity index (χ0n) is 12.7. The van der Waals surface area contributed by atoms with Gasteiger partial charge >= 0.3 is 12.1 Å². The van der Waals surface area contributed by atoms with Gasteiger partial charge in [0, 0.05) is 22.2 Å². The lowest BCUT2D eigenvalue weighted by molar-refractivity contribution is -0.143. The SMILES string of the molecule is CCOC(=O)C(C#N)c1cn(C(=O)OCC)c2cc(Cl)ccc12. The van der Waals surface area contributed by atoms with Crippen molar-refractivity contribution in [3.05, 3.63) is 35.0 Å². The number of hydrogen-bond acceptors (Lipinski definition) is 5. The van der Waals surface area contributed by atoms with E-state index in [1.165, 1.54) is 10.8 Å². The summed E-state index contributed by atoms with van der Waals surface area (Å²) in [6, 6.07) is 6.79. The molecule has 1 atom stereocenters. The topological polar surface area (TPSA) is 81.3 Å². The lowest BCUT2D eigenvalue weighted by Gasteiger charge is -2.07. The van der Waals surface area contributed by atoms with Gasteiger partial charge in [-0.2, -0.15) is 5.26 Å². The van der Waals surface area contributed by atoms with Crippen molar-refractivity contribution in [3.8, 4) is 6.07 Å². The second-order valence-electron chi connectivity index (χ2n) is 4.63. The molecule has 2 aromatic rings. The van der Waals surface area contributed by atoms with Crippen LogP contribution in [0.15, 0.2) is 24.4 Å². The van der Waals surface area contributed by atoms with Gasteiger partial charge in [0.2, 0.25) is 0 Å². The Labute approximate surface area is 138 Å². The van der Waals surface area contributed by atoms with Gasteiger partial charge in [-0.15, -0.1) is 0 Å². The number of nitrogens with zero attached hydrogens (tertiary/aromatic N) is 2. The van der Waals surface area contributed by atoms with E-state index < -0.39 is 18.0 Å². The Morgan fingerprint density at radius 2 is 2.00 bits per heavy atom. The van der Waals surface area contributed by atoms with Crippen molar-refractivity contribution in [2.24, 2.45) is 0 Å². The molecule has 0 radical (unpaired) electrons. The van der Waals surface area contributed by atoms with Gasteiger partial charge in [-0.1, -0.05) is 17.7 Å². The number of halogens is 1. The summed E-state index contributed by atoms with van der Waals surface area (Å²) in [5.74, 6) is -1.79. The molecule has 7 heteroatoms. The van der Waals surface area contributed by atoms with E-state index in [1.54, 1.807) is 32.0 Å². The third-order valence-corrected chi connectivity index (χ3v) is 3.46. The van der Waals surface area contributed by atoms with E-state index in [4.69, 9.17) is 21.1 Å². The van der Waals surface area contributed by atoms with Crippen LogP contribution in [0.1, 0.15) is 25.3 Å². The molecule has 1 aromatic carbocycles. The van der Waals surface area contributed by atoms with Crippen molar-refractivity contribution >= 4 is 34.6 Å². The molecule has 6 nitrogen and oxygen atoms in total. The third-order valence-electron chi connectivity index (χ3n) is 3.23. The number of carbonyl (C=O) groups is 2. The normalized spacial score (nSPS) is 11.7. The van der Waals surface area contributed by atoms with E-state index in [-0.39, 0.29) is 13.2 Å². The molecule has 0 aliphatic carbocycles. The van der Waals surface area contributed by atoms with Crippen LogP contribution >= 0.6 is 11.6 Å². The monoisotopic (exact) mass is 334 g/mol. The van der Waals surface area contributed by atoms with Crippen molar-refractivity contribution in [1.82, 2.24) is 4.57 Å². The number of carbonyl (C=O) groups excluding carboxylic acids is 2. The minimum absolute atomic E-state index is 0.166. The van der Waals surface area contributed by atoms with Crippen molar-refractivity contribution in [2.75, 3.05) is 13.2 Å². The predicted molar refractivity (Wildman–Crippen MR) is 84.4 cm³/mol. The fraction of sp³-hybridized carbons (Fsp3) is 0.312. The number of esters is 1. The average Bonchev–Trinajstić information content (AvgIpc) is 2.87. The van der Waals surface area contributed by atoms with Crippen LogP contribution in [0.5, 0.6) is 0 Å². The zero-order chi connectivity index (χ0) is 17.0. The molecule has 0 amide bonds. The number of rotatable bonds is 4. The van der Waals surface area contributed by atoms with Crippen LogP contribution in [0.3, 0.4) is 0 Å². The average molecular weight is 335 g/mol. The first-order valence-electron chi connectivity index (χ1n) is 7.07. The van der Waals surface area contributed by atoms with E-state index in [1.807, 2.05) is 6.07 Å². The summed E-state index contributed by atoms with van der Waals surface area (Å²) in [5, 5.41) is 10.3. The minimum Gasteiger partial charge on any atom is -0.465 e. The van der Waals surface area contributed by atoms with Crippen LogP contribution in [0, 0.1) is 11.3 Å². The summed E-state index contributed by atoms with van der Waals surface area (Å²) >= 11 is 5.99. The van der Waals surface area contributed by atoms with Crippen LogP contribution < -0.4 is 0 Å². The van der Waals surface area contributed by atoms with Gasteiger partial charge in [-0.05, 0) is 26.0 Å². The maximum atomic E-state index is 12.1. The Bertz CT molecular complexity index is 791. The molecule has 0 N–H and O–H groups in total. The second-order valence-corrected chi connectivity index (χ2v) is 5.07. The molecule has 2 rings (SSSR count). The Morgan fingerprint density at radius 3 is 2.61 bits per heavy atom. The molecule has 0 aliphatic heterocycles. The lowest BCUT2D eigenvalue weighted by Crippen LogP contribution is -2.15. The minimum atomic E-state index is -1.13. The lowest BCUT2D eigenvalue weighted by atomic mass is 10.0. The Balaban J connectivity index is 2.63. The summed E-state index contributed by atoms with van der Waals surface area (Å²) in [6.45, 7) is 3.72. The smallest absolute Gasteiger partial charge is 0.418 e. The number of ether oxygens (including phenoxy) is 2. The van der Waals surface area contributed by atoms with Crippen LogP contribution in [0.2, 0.25) is 5.02 Å². The Hall–Kier alpha value is -2.52. The fourth-order valence-corrected chi connectivity index (χ4v) is 2.44. The van der Waals surface area contributed by atoms with Crippen LogP contribution in [-0.2, 0) is 14.3 Å². The molecule has 1 unspecified atom stereocenters. The standard InChI is InChI=1S/C16H15ClN2O4/c1-3-22-15(20)12(8-18)13-9-19(16(21)23-4-2)14-7-10(17)5-6-11(13)14/h5-7,9,12H,3-4H2,1-2H3. The van der Waals surface area contributed by atoms with Crippen molar-refractivity contribution in [3.63, 3.8) is 0 Å². The molecule has 120 valence electrons. The highest BCUT2D eigenvalue weighted by Crippen LogP contribution is 2.30. The largest absolute Gasteiger partial charge is 0.465 e. The molecule has 0 aliphatic rings. The number of benzene rings is 1. The van der Waals surface area contributed by atoms with Gasteiger partial charge in [0.25, 0.3) is 0 Å². The van der Waals surface area contributed by atoms with Gasteiger partial charge < -0.3 is 9.47 Å². The number of fused-ring (bicyclic) bond motifs is 1. The molecule has 23 heavy (non-hydrogen) atoms. The fourth-order valence-electron chi connectivity index (χ4n) is 2.28.